The number of pyridine rings is 1. The average Bonchev–Trinajstić information content (AvgIpc) is 2.08. The van der Waals surface area contributed by atoms with E-state index in [4.69, 9.17) is 0 Å². The smallest absolute Gasteiger partial charge is 0.356 e. The molecule has 1 aromatic heterocycles. The zero-order valence-electron chi connectivity index (χ0n) is 6.17. The largest absolute Gasteiger partial charge is 0.464 e. The summed E-state index contributed by atoms with van der Waals surface area (Å²) < 4.78 is 28.9. The molecule has 0 spiro atoms. The van der Waals surface area contributed by atoms with E-state index in [1.165, 1.54) is 0 Å². The van der Waals surface area contributed by atoms with Crippen LogP contribution in [0, 0.1) is 11.8 Å². The Morgan fingerprint density at radius 3 is 2.67 bits per heavy atom. The Morgan fingerprint density at radius 2 is 2.17 bits per heavy atom. The van der Waals surface area contributed by atoms with Gasteiger partial charge in [-0.1, -0.05) is 0 Å². The summed E-state index contributed by atoms with van der Waals surface area (Å²) in [7, 11) is 1.13. The molecule has 0 N–H and O–H groups in total. The number of hydrogen-bond donors (Lipinski definition) is 0. The molecule has 3 nitrogen and oxygen atoms in total. The third-order valence-corrected chi connectivity index (χ3v) is 1.20. The van der Waals surface area contributed by atoms with Crippen molar-refractivity contribution < 1.29 is 18.3 Å². The van der Waals surface area contributed by atoms with Crippen LogP contribution in [0.15, 0.2) is 12.1 Å². The second-order valence-electron chi connectivity index (χ2n) is 1.96. The van der Waals surface area contributed by atoms with Crippen LogP contribution in [0.3, 0.4) is 0 Å². The van der Waals surface area contributed by atoms with Crippen LogP contribution in [-0.2, 0) is 4.74 Å². The van der Waals surface area contributed by atoms with Crippen LogP contribution in [0.5, 0.6) is 0 Å². The summed E-state index contributed by atoms with van der Waals surface area (Å²) in [5.74, 6) is -3.20. The fraction of sp³-hybridized carbons (Fsp3) is 0.143. The van der Waals surface area contributed by atoms with Crippen molar-refractivity contribution in [2.45, 2.75) is 0 Å². The molecule has 0 aliphatic heterocycles. The van der Waals surface area contributed by atoms with Crippen LogP contribution in [0.4, 0.5) is 8.78 Å². The van der Waals surface area contributed by atoms with Gasteiger partial charge in [-0.15, -0.1) is 0 Å². The lowest BCUT2D eigenvalue weighted by Crippen LogP contribution is -2.06. The van der Waals surface area contributed by atoms with Gasteiger partial charge in [0.25, 0.3) is 0 Å². The van der Waals surface area contributed by atoms with Crippen LogP contribution >= 0.6 is 0 Å². The number of esters is 1. The van der Waals surface area contributed by atoms with E-state index in [2.05, 4.69) is 9.72 Å². The van der Waals surface area contributed by atoms with Crippen molar-refractivity contribution in [3.63, 3.8) is 0 Å². The van der Waals surface area contributed by atoms with Crippen molar-refractivity contribution >= 4 is 5.97 Å². The first-order valence-electron chi connectivity index (χ1n) is 3.05. The van der Waals surface area contributed by atoms with Gasteiger partial charge >= 0.3 is 5.97 Å². The number of carbonyl (C=O) groups is 1. The van der Waals surface area contributed by atoms with E-state index in [1.54, 1.807) is 0 Å². The predicted octanol–water partition coefficient (Wildman–Crippen LogP) is 1.15. The van der Waals surface area contributed by atoms with Crippen molar-refractivity contribution in [2.75, 3.05) is 7.11 Å². The van der Waals surface area contributed by atoms with Gasteiger partial charge in [0.1, 0.15) is 0 Å². The molecule has 0 aliphatic carbocycles. The molecule has 0 amide bonds. The molecule has 1 aromatic rings. The van der Waals surface area contributed by atoms with E-state index >= 15 is 0 Å². The Morgan fingerprint density at radius 1 is 1.50 bits per heavy atom. The summed E-state index contributed by atoms with van der Waals surface area (Å²) >= 11 is 0. The van der Waals surface area contributed by atoms with E-state index in [0.717, 1.165) is 19.2 Å². The quantitative estimate of drug-likeness (QED) is 0.472. The van der Waals surface area contributed by atoms with Crippen molar-refractivity contribution in [3.8, 4) is 0 Å². The zero-order valence-corrected chi connectivity index (χ0v) is 6.17. The van der Waals surface area contributed by atoms with E-state index in [-0.39, 0.29) is 5.69 Å². The van der Waals surface area contributed by atoms with Crippen LogP contribution in [0.25, 0.3) is 0 Å². The Balaban J connectivity index is 3.05. The lowest BCUT2D eigenvalue weighted by Gasteiger charge is -1.97. The summed E-state index contributed by atoms with van der Waals surface area (Å²) in [4.78, 5) is 13.7. The van der Waals surface area contributed by atoms with Gasteiger partial charge < -0.3 is 4.74 Å². The van der Waals surface area contributed by atoms with Crippen LogP contribution in [0.1, 0.15) is 10.5 Å². The minimum Gasteiger partial charge on any atom is -0.464 e. The normalized spacial score (nSPS) is 9.58. The highest BCUT2D eigenvalue weighted by molar-refractivity contribution is 5.86. The molecule has 5 heteroatoms. The maximum absolute atomic E-state index is 12.4. The van der Waals surface area contributed by atoms with Crippen LogP contribution < -0.4 is 0 Å². The molecule has 1 rings (SSSR count). The fourth-order valence-corrected chi connectivity index (χ4v) is 0.636. The summed E-state index contributed by atoms with van der Waals surface area (Å²) in [6, 6.07) is 1.86. The topological polar surface area (TPSA) is 39.2 Å². The maximum Gasteiger partial charge on any atom is 0.356 e. The van der Waals surface area contributed by atoms with Crippen molar-refractivity contribution in [1.82, 2.24) is 4.98 Å². The van der Waals surface area contributed by atoms with Crippen molar-refractivity contribution in [2.24, 2.45) is 0 Å². The molecule has 64 valence electrons. The van der Waals surface area contributed by atoms with Gasteiger partial charge in [0.2, 0.25) is 5.95 Å². The molecule has 0 atom stereocenters. The van der Waals surface area contributed by atoms with E-state index < -0.39 is 17.7 Å². The first-order valence-corrected chi connectivity index (χ1v) is 3.05. The van der Waals surface area contributed by atoms with E-state index in [0.29, 0.717) is 0 Å². The van der Waals surface area contributed by atoms with Crippen molar-refractivity contribution in [1.29, 1.82) is 0 Å². The Labute approximate surface area is 67.0 Å². The van der Waals surface area contributed by atoms with Crippen LogP contribution in [-0.4, -0.2) is 18.1 Å². The molecular weight excluding hydrogens is 168 g/mol. The third-order valence-electron chi connectivity index (χ3n) is 1.20. The number of ether oxygens (including phenoxy) is 1. The Hall–Kier alpha value is -1.52. The molecule has 0 fully saturated rings. The Bertz CT molecular complexity index is 314. The first kappa shape index (κ1) is 8.58. The van der Waals surface area contributed by atoms with Gasteiger partial charge in [-0.3, -0.25) is 0 Å². The monoisotopic (exact) mass is 173 g/mol. The van der Waals surface area contributed by atoms with E-state index in [1.807, 2.05) is 0 Å². The standard InChI is InChI=1S/C7H5F2NO2/c1-12-7(11)5-3-2-4(8)6(9)10-5/h2-3H,1H3. The van der Waals surface area contributed by atoms with Gasteiger partial charge in [-0.2, -0.15) is 4.39 Å². The average molecular weight is 173 g/mol. The SMILES string of the molecule is COC(=O)c1ccc(F)c(F)n1. The maximum atomic E-state index is 12.4. The summed E-state index contributed by atoms with van der Waals surface area (Å²) in [6.07, 6.45) is 0. The second-order valence-corrected chi connectivity index (χ2v) is 1.96. The highest BCUT2D eigenvalue weighted by Crippen LogP contribution is 2.04. The first-order chi connectivity index (χ1) is 5.65. The van der Waals surface area contributed by atoms with Gasteiger partial charge in [-0.25, -0.2) is 14.2 Å². The summed E-state index contributed by atoms with van der Waals surface area (Å²) in [6.45, 7) is 0. The molecule has 0 saturated heterocycles. The lowest BCUT2D eigenvalue weighted by molar-refractivity contribution is 0.0592. The number of hydrogen-bond acceptors (Lipinski definition) is 3. The van der Waals surface area contributed by atoms with Gasteiger partial charge in [0.15, 0.2) is 11.5 Å². The minimum absolute atomic E-state index is 0.253. The number of methoxy groups -OCH3 is 1. The number of aromatic nitrogens is 1. The molecule has 0 bridgehead atoms. The summed E-state index contributed by atoms with van der Waals surface area (Å²) in [5.41, 5.74) is -0.253. The summed E-state index contributed by atoms with van der Waals surface area (Å²) in [5, 5.41) is 0. The van der Waals surface area contributed by atoms with Gasteiger partial charge in [0.05, 0.1) is 7.11 Å². The fourth-order valence-electron chi connectivity index (χ4n) is 0.636. The molecule has 1 heterocycles. The molecule has 0 aromatic carbocycles. The lowest BCUT2D eigenvalue weighted by atomic mass is 10.3. The highest BCUT2D eigenvalue weighted by atomic mass is 19.2. The Kier molecular flexibility index (Phi) is 2.32. The minimum atomic E-state index is -1.31. The predicted molar refractivity (Wildman–Crippen MR) is 35.5 cm³/mol. The van der Waals surface area contributed by atoms with E-state index in [9.17, 15) is 13.6 Å². The van der Waals surface area contributed by atoms with Gasteiger partial charge in [0, 0.05) is 0 Å². The number of rotatable bonds is 1. The van der Waals surface area contributed by atoms with Crippen molar-refractivity contribution in [3.05, 3.63) is 29.6 Å². The number of nitrogens with zero attached hydrogens (tertiary/aromatic N) is 1. The highest BCUT2D eigenvalue weighted by Gasteiger charge is 2.10. The molecule has 0 saturated carbocycles. The molecule has 12 heavy (non-hydrogen) atoms. The number of carbonyl (C=O) groups excluding carboxylic acids is 1. The molecular formula is C7H5F2NO2. The third kappa shape index (κ3) is 1.55. The molecule has 0 unspecified atom stereocenters. The van der Waals surface area contributed by atoms with Crippen LogP contribution in [0.2, 0.25) is 0 Å². The number of halogens is 2. The second kappa shape index (κ2) is 3.25. The molecule has 0 radical (unpaired) electrons. The van der Waals surface area contributed by atoms with Gasteiger partial charge in [-0.05, 0) is 12.1 Å². The zero-order chi connectivity index (χ0) is 9.14. The molecule has 0 aliphatic rings.